The molecule has 86 valence electrons. The van der Waals surface area contributed by atoms with Gasteiger partial charge in [0.25, 0.3) is 0 Å². The normalized spacial score (nSPS) is 19.9. The molecule has 0 aromatic heterocycles. The highest BCUT2D eigenvalue weighted by molar-refractivity contribution is 5.26. The first kappa shape index (κ1) is 11.2. The van der Waals surface area contributed by atoms with Crippen molar-refractivity contribution in [2.45, 2.75) is 25.8 Å². The fourth-order valence-corrected chi connectivity index (χ4v) is 2.13. The van der Waals surface area contributed by atoms with Crippen LogP contribution in [0.5, 0.6) is 5.75 Å². The largest absolute Gasteiger partial charge is 0.508 e. The minimum atomic E-state index is 0.347. The van der Waals surface area contributed by atoms with Crippen LogP contribution in [0.15, 0.2) is 36.4 Å². The Morgan fingerprint density at radius 2 is 2.25 bits per heavy atom. The van der Waals surface area contributed by atoms with Crippen molar-refractivity contribution in [3.8, 4) is 5.75 Å². The van der Waals surface area contributed by atoms with Gasteiger partial charge in [0.1, 0.15) is 5.75 Å². The van der Waals surface area contributed by atoms with Gasteiger partial charge in [-0.1, -0.05) is 24.3 Å². The van der Waals surface area contributed by atoms with Crippen molar-refractivity contribution in [1.29, 1.82) is 0 Å². The number of phenols is 1. The second-order valence-corrected chi connectivity index (χ2v) is 4.45. The van der Waals surface area contributed by atoms with Crippen LogP contribution in [0.1, 0.15) is 24.8 Å². The number of nitrogens with one attached hydrogen (secondary N) is 1. The van der Waals surface area contributed by atoms with E-state index < -0.39 is 0 Å². The van der Waals surface area contributed by atoms with E-state index >= 15 is 0 Å². The highest BCUT2D eigenvalue weighted by Gasteiger charge is 2.08. The van der Waals surface area contributed by atoms with Crippen LogP contribution in [0.25, 0.3) is 0 Å². The minimum absolute atomic E-state index is 0.347. The average Bonchev–Trinajstić information content (AvgIpc) is 2.30. The number of allylic oxidation sites excluding steroid dienone is 2. The Balaban J connectivity index is 1.73. The van der Waals surface area contributed by atoms with Crippen molar-refractivity contribution >= 4 is 0 Å². The molecule has 2 N–H and O–H groups in total. The van der Waals surface area contributed by atoms with Gasteiger partial charge < -0.3 is 10.4 Å². The maximum Gasteiger partial charge on any atom is 0.115 e. The van der Waals surface area contributed by atoms with Crippen LogP contribution in [0.2, 0.25) is 0 Å². The molecule has 1 aliphatic rings. The van der Waals surface area contributed by atoms with Crippen molar-refractivity contribution < 1.29 is 5.11 Å². The van der Waals surface area contributed by atoms with Crippen LogP contribution in [0, 0.1) is 5.92 Å². The van der Waals surface area contributed by atoms with E-state index in [-0.39, 0.29) is 0 Å². The lowest BCUT2D eigenvalue weighted by Crippen LogP contribution is -2.23. The summed E-state index contributed by atoms with van der Waals surface area (Å²) < 4.78 is 0. The molecule has 2 nitrogen and oxygen atoms in total. The van der Waals surface area contributed by atoms with Gasteiger partial charge in [0.15, 0.2) is 0 Å². The van der Waals surface area contributed by atoms with E-state index in [0.717, 1.165) is 24.6 Å². The maximum atomic E-state index is 9.32. The molecule has 0 saturated heterocycles. The fourth-order valence-electron chi connectivity index (χ4n) is 2.13. The van der Waals surface area contributed by atoms with Crippen LogP contribution in [0.4, 0.5) is 0 Å². The van der Waals surface area contributed by atoms with Crippen molar-refractivity contribution in [3.63, 3.8) is 0 Å². The van der Waals surface area contributed by atoms with E-state index in [1.54, 1.807) is 6.07 Å². The summed E-state index contributed by atoms with van der Waals surface area (Å²) in [4.78, 5) is 0. The number of aromatic hydroxyl groups is 1. The summed E-state index contributed by atoms with van der Waals surface area (Å²) in [6, 6.07) is 7.44. The summed E-state index contributed by atoms with van der Waals surface area (Å²) in [5.74, 6) is 1.13. The number of benzene rings is 1. The second kappa shape index (κ2) is 5.71. The summed E-state index contributed by atoms with van der Waals surface area (Å²) >= 11 is 0. The highest BCUT2D eigenvalue weighted by Crippen LogP contribution is 2.17. The highest BCUT2D eigenvalue weighted by atomic mass is 16.3. The summed E-state index contributed by atoms with van der Waals surface area (Å²) in [5.41, 5.74) is 1.14. The van der Waals surface area contributed by atoms with Crippen molar-refractivity contribution in [3.05, 3.63) is 42.0 Å². The van der Waals surface area contributed by atoms with Gasteiger partial charge in [-0.2, -0.15) is 0 Å². The molecule has 2 heteroatoms. The first-order valence-electron chi connectivity index (χ1n) is 5.98. The molecule has 0 radical (unpaired) electrons. The molecule has 2 rings (SSSR count). The molecule has 1 aliphatic carbocycles. The molecule has 16 heavy (non-hydrogen) atoms. The lowest BCUT2D eigenvalue weighted by Gasteiger charge is -2.18. The van der Waals surface area contributed by atoms with Gasteiger partial charge in [0, 0.05) is 6.54 Å². The van der Waals surface area contributed by atoms with Gasteiger partial charge in [-0.15, -0.1) is 0 Å². The number of hydrogen-bond acceptors (Lipinski definition) is 2. The molecule has 0 amide bonds. The maximum absolute atomic E-state index is 9.32. The molecule has 1 aromatic rings. The molecule has 0 bridgehead atoms. The Bertz CT molecular complexity index is 360. The summed E-state index contributed by atoms with van der Waals surface area (Å²) in [5, 5.41) is 12.8. The third-order valence-corrected chi connectivity index (χ3v) is 3.05. The molecule has 0 heterocycles. The monoisotopic (exact) mass is 217 g/mol. The van der Waals surface area contributed by atoms with E-state index in [1.165, 1.54) is 19.3 Å². The molecule has 0 fully saturated rings. The Kier molecular flexibility index (Phi) is 4.00. The van der Waals surface area contributed by atoms with Gasteiger partial charge in [0.05, 0.1) is 0 Å². The molecule has 1 atom stereocenters. The molecule has 0 saturated carbocycles. The van der Waals surface area contributed by atoms with Crippen molar-refractivity contribution in [2.75, 3.05) is 6.54 Å². The molecular weight excluding hydrogens is 198 g/mol. The van der Waals surface area contributed by atoms with Gasteiger partial charge in [0.2, 0.25) is 0 Å². The Hall–Kier alpha value is -1.28. The van der Waals surface area contributed by atoms with E-state index in [9.17, 15) is 5.11 Å². The molecule has 0 aliphatic heterocycles. The van der Waals surface area contributed by atoms with Crippen LogP contribution >= 0.6 is 0 Å². The average molecular weight is 217 g/mol. The smallest absolute Gasteiger partial charge is 0.115 e. The van der Waals surface area contributed by atoms with Gasteiger partial charge in [-0.05, 0) is 49.4 Å². The second-order valence-electron chi connectivity index (χ2n) is 4.45. The summed E-state index contributed by atoms with van der Waals surface area (Å²) in [6.45, 7) is 1.91. The third kappa shape index (κ3) is 3.38. The van der Waals surface area contributed by atoms with Crippen LogP contribution < -0.4 is 5.32 Å². The molecular formula is C14H19NO. The number of hydrogen-bond donors (Lipinski definition) is 2. The Labute approximate surface area is 97.0 Å². The molecule has 0 spiro atoms. The zero-order valence-electron chi connectivity index (χ0n) is 9.52. The van der Waals surface area contributed by atoms with Crippen LogP contribution in [-0.4, -0.2) is 11.7 Å². The van der Waals surface area contributed by atoms with Crippen molar-refractivity contribution in [2.24, 2.45) is 5.92 Å². The van der Waals surface area contributed by atoms with Gasteiger partial charge in [-0.25, -0.2) is 0 Å². The van der Waals surface area contributed by atoms with Gasteiger partial charge >= 0.3 is 0 Å². The predicted octanol–water partition coefficient (Wildman–Crippen LogP) is 2.84. The predicted molar refractivity (Wildman–Crippen MR) is 66.3 cm³/mol. The van der Waals surface area contributed by atoms with Crippen LogP contribution in [-0.2, 0) is 6.54 Å². The van der Waals surface area contributed by atoms with E-state index in [2.05, 4.69) is 17.5 Å². The van der Waals surface area contributed by atoms with Crippen LogP contribution in [0.3, 0.4) is 0 Å². The van der Waals surface area contributed by atoms with E-state index in [1.807, 2.05) is 18.2 Å². The number of rotatable bonds is 4. The van der Waals surface area contributed by atoms with E-state index in [4.69, 9.17) is 0 Å². The molecule has 1 aromatic carbocycles. The Morgan fingerprint density at radius 3 is 3.00 bits per heavy atom. The third-order valence-electron chi connectivity index (χ3n) is 3.05. The standard InChI is InChI=1S/C14H19NO/c16-14-8-4-7-13(9-14)11-15-10-12-5-2-1-3-6-12/h1-2,4,7-9,12,15-16H,3,5-6,10-11H2. The topological polar surface area (TPSA) is 32.3 Å². The SMILES string of the molecule is Oc1cccc(CNCC2CC=CCC2)c1. The van der Waals surface area contributed by atoms with E-state index in [0.29, 0.717) is 5.75 Å². The summed E-state index contributed by atoms with van der Waals surface area (Å²) in [7, 11) is 0. The minimum Gasteiger partial charge on any atom is -0.508 e. The number of phenolic OH excluding ortho intramolecular Hbond substituents is 1. The molecule has 1 unspecified atom stereocenters. The van der Waals surface area contributed by atoms with Crippen molar-refractivity contribution in [1.82, 2.24) is 5.32 Å². The lowest BCUT2D eigenvalue weighted by molar-refractivity contribution is 0.439. The fraction of sp³-hybridized carbons (Fsp3) is 0.429. The quantitative estimate of drug-likeness (QED) is 0.760. The zero-order chi connectivity index (χ0) is 11.2. The van der Waals surface area contributed by atoms with Gasteiger partial charge in [-0.3, -0.25) is 0 Å². The first-order valence-corrected chi connectivity index (χ1v) is 5.98. The lowest BCUT2D eigenvalue weighted by atomic mass is 9.94. The Morgan fingerprint density at radius 1 is 1.31 bits per heavy atom. The first-order chi connectivity index (χ1) is 7.84. The summed E-state index contributed by atoms with van der Waals surface area (Å²) in [6.07, 6.45) is 8.27. The zero-order valence-corrected chi connectivity index (χ0v) is 9.52.